The van der Waals surface area contributed by atoms with Gasteiger partial charge in [-0.25, -0.2) is 4.98 Å². The van der Waals surface area contributed by atoms with Crippen LogP contribution in [0.1, 0.15) is 22.5 Å². The van der Waals surface area contributed by atoms with Gasteiger partial charge in [0.2, 0.25) is 0 Å². The minimum absolute atomic E-state index is 0.587. The molecule has 38 heavy (non-hydrogen) atoms. The van der Waals surface area contributed by atoms with Crippen LogP contribution in [0, 0.1) is 21.1 Å². The van der Waals surface area contributed by atoms with E-state index in [9.17, 15) is 0 Å². The molecule has 0 saturated heterocycles. The quantitative estimate of drug-likeness (QED) is 0.378. The molecule has 0 aromatic carbocycles. The molecular weight excluding hydrogens is 468 g/mol. The normalized spacial score (nSPS) is 12.4. The Morgan fingerprint density at radius 3 is 1.82 bits per heavy atom. The summed E-state index contributed by atoms with van der Waals surface area (Å²) in [5, 5.41) is 15.9. The monoisotopic (exact) mass is 490 g/mol. The van der Waals surface area contributed by atoms with Crippen molar-refractivity contribution in [1.82, 2.24) is 30.1 Å². The number of hydrogen-bond acceptors (Lipinski definition) is 6. The summed E-state index contributed by atoms with van der Waals surface area (Å²) in [5.41, 5.74) is 4.39. The van der Waals surface area contributed by atoms with Gasteiger partial charge < -0.3 is 0 Å². The van der Waals surface area contributed by atoms with E-state index < -0.39 is 0 Å². The lowest BCUT2D eigenvalue weighted by Gasteiger charge is -1.93. The zero-order valence-electron chi connectivity index (χ0n) is 20.6. The Morgan fingerprint density at radius 2 is 1.21 bits per heavy atom. The molecule has 4 aliphatic heterocycles. The van der Waals surface area contributed by atoms with Gasteiger partial charge in [0.25, 0.3) is 0 Å². The third-order valence-electron chi connectivity index (χ3n) is 6.52. The van der Waals surface area contributed by atoms with E-state index in [0.717, 1.165) is 53.1 Å². The summed E-state index contributed by atoms with van der Waals surface area (Å²) < 4.78 is 0. The fourth-order valence-electron chi connectivity index (χ4n) is 4.69. The van der Waals surface area contributed by atoms with Gasteiger partial charge in [-0.05, 0) is 56.3 Å². The molecule has 0 amide bonds. The Bertz CT molecular complexity index is 2220. The molecule has 0 aromatic rings. The fraction of sp³-hybridized carbons (Fsp3) is 0. The second-order valence-electron chi connectivity index (χ2n) is 8.83. The van der Waals surface area contributed by atoms with Crippen LogP contribution in [0.4, 0.5) is 0 Å². The van der Waals surface area contributed by atoms with Gasteiger partial charge >= 0.3 is 0 Å². The van der Waals surface area contributed by atoms with Crippen LogP contribution in [-0.2, 0) is 0 Å². The molecule has 0 saturated carbocycles. The predicted molar refractivity (Wildman–Crippen MR) is 150 cm³/mol. The predicted octanol–water partition coefficient (Wildman–Crippen LogP) is 2.38. The van der Waals surface area contributed by atoms with Crippen molar-refractivity contribution in [1.29, 1.82) is 0 Å². The first-order chi connectivity index (χ1) is 18.6. The van der Waals surface area contributed by atoms with Crippen molar-refractivity contribution in [2.75, 3.05) is 0 Å². The number of fused-ring (bicyclic) bond motifs is 1. The average Bonchev–Trinajstić information content (AvgIpc) is 3.45. The lowest BCUT2D eigenvalue weighted by molar-refractivity contribution is 1.08. The molecule has 6 nitrogen and oxygen atoms in total. The number of rotatable bonds is 4. The smallest absolute Gasteiger partial charge is 0.132 e. The molecule has 4 heterocycles. The number of hydrogen-bond donors (Lipinski definition) is 0. The molecule has 6 heteroatoms. The highest BCUT2D eigenvalue weighted by atomic mass is 15.1. The SMILES string of the molecule is C=Cc1cccc2ncc(=C)c=2/c1=C/c1cnc2c(/C=c3\c(C=C)cccc4ncc(=C)c3=4)nnc-2cn1. The van der Waals surface area contributed by atoms with Gasteiger partial charge in [-0.15, -0.1) is 10.2 Å². The summed E-state index contributed by atoms with van der Waals surface area (Å²) in [7, 11) is 0. The third-order valence-corrected chi connectivity index (χ3v) is 6.52. The van der Waals surface area contributed by atoms with Crippen LogP contribution < -0.4 is 20.9 Å². The van der Waals surface area contributed by atoms with Crippen LogP contribution >= 0.6 is 0 Å². The molecule has 0 radical (unpaired) electrons. The molecule has 180 valence electrons. The van der Waals surface area contributed by atoms with Crippen LogP contribution in [-0.4, -0.2) is 30.1 Å². The summed E-state index contributed by atoms with van der Waals surface area (Å²) in [5.74, 6) is 0. The Morgan fingerprint density at radius 1 is 0.605 bits per heavy atom. The van der Waals surface area contributed by atoms with E-state index in [-0.39, 0.29) is 0 Å². The van der Waals surface area contributed by atoms with E-state index in [4.69, 9.17) is 4.98 Å². The molecule has 6 rings (SSSR count). The Hall–Kier alpha value is -5.36. The van der Waals surface area contributed by atoms with E-state index >= 15 is 0 Å². The summed E-state index contributed by atoms with van der Waals surface area (Å²) >= 11 is 0. The maximum atomic E-state index is 4.75. The molecule has 0 N–H and O–H groups in total. The first kappa shape index (κ1) is 23.1. The zero-order valence-corrected chi connectivity index (χ0v) is 20.6. The first-order valence-corrected chi connectivity index (χ1v) is 12.0. The molecule has 6 aliphatic rings. The topological polar surface area (TPSA) is 77.3 Å². The third kappa shape index (κ3) is 3.85. The first-order valence-electron chi connectivity index (χ1n) is 12.0. The second-order valence-corrected chi connectivity index (χ2v) is 8.83. The maximum Gasteiger partial charge on any atom is 0.132 e. The van der Waals surface area contributed by atoms with Gasteiger partial charge in [0, 0.05) is 22.8 Å². The van der Waals surface area contributed by atoms with Crippen LogP contribution in [0.25, 0.3) is 48.8 Å². The fourth-order valence-corrected chi connectivity index (χ4v) is 4.69. The van der Waals surface area contributed by atoms with Gasteiger partial charge in [0.05, 0.1) is 28.8 Å². The van der Waals surface area contributed by atoms with E-state index in [2.05, 4.69) is 51.5 Å². The van der Waals surface area contributed by atoms with E-state index in [0.29, 0.717) is 22.8 Å². The molecular formula is C32H22N6. The highest BCUT2D eigenvalue weighted by Crippen LogP contribution is 2.19. The molecule has 2 aliphatic carbocycles. The van der Waals surface area contributed by atoms with E-state index in [1.54, 1.807) is 24.8 Å². The van der Waals surface area contributed by atoms with E-state index in [1.807, 2.05) is 60.7 Å². The molecule has 0 atom stereocenters. The van der Waals surface area contributed by atoms with Crippen molar-refractivity contribution in [3.05, 3.63) is 139 Å². The average molecular weight is 491 g/mol. The van der Waals surface area contributed by atoms with Crippen LogP contribution in [0.3, 0.4) is 0 Å². The van der Waals surface area contributed by atoms with Gasteiger partial charge in [-0.3, -0.25) is 15.0 Å². The van der Waals surface area contributed by atoms with Crippen molar-refractivity contribution in [3.63, 3.8) is 0 Å². The lowest BCUT2D eigenvalue weighted by atomic mass is 10.1. The number of aromatic nitrogens is 6. The summed E-state index contributed by atoms with van der Waals surface area (Å²) in [6, 6.07) is 11.8. The molecule has 0 bridgehead atoms. The van der Waals surface area contributed by atoms with Gasteiger partial charge in [0.1, 0.15) is 17.1 Å². The van der Waals surface area contributed by atoms with Gasteiger partial charge in [0.15, 0.2) is 0 Å². The summed E-state index contributed by atoms with van der Waals surface area (Å²) in [6.07, 6.45) is 14.5. The van der Waals surface area contributed by atoms with Crippen LogP contribution in [0.5, 0.6) is 0 Å². The largest absolute Gasteiger partial charge is 0.256 e. The minimum Gasteiger partial charge on any atom is -0.256 e. The Balaban J connectivity index is 1.61. The summed E-state index contributed by atoms with van der Waals surface area (Å²) in [4.78, 5) is 18.4. The van der Waals surface area contributed by atoms with E-state index in [1.165, 1.54) is 0 Å². The Labute approximate surface area is 217 Å². The lowest BCUT2D eigenvalue weighted by Crippen LogP contribution is -2.14. The molecule has 0 unspecified atom stereocenters. The maximum absolute atomic E-state index is 4.75. The Kier molecular flexibility index (Phi) is 5.62. The number of nitrogens with zero attached hydrogens (tertiary/aromatic N) is 6. The van der Waals surface area contributed by atoms with Gasteiger partial charge in [-0.1, -0.05) is 62.7 Å². The van der Waals surface area contributed by atoms with Crippen molar-refractivity contribution in [2.45, 2.75) is 0 Å². The molecule has 0 aromatic heterocycles. The molecule has 0 fully saturated rings. The highest BCUT2D eigenvalue weighted by molar-refractivity contribution is 5.69. The van der Waals surface area contributed by atoms with Crippen molar-refractivity contribution in [2.24, 2.45) is 0 Å². The van der Waals surface area contributed by atoms with Crippen molar-refractivity contribution >= 4 is 37.5 Å². The second kappa shape index (κ2) is 9.26. The molecule has 0 spiro atoms. The van der Waals surface area contributed by atoms with Crippen LogP contribution in [0.2, 0.25) is 0 Å². The zero-order chi connectivity index (χ0) is 26.2. The van der Waals surface area contributed by atoms with Crippen molar-refractivity contribution in [3.8, 4) is 11.4 Å². The van der Waals surface area contributed by atoms with Gasteiger partial charge in [-0.2, -0.15) is 0 Å². The highest BCUT2D eigenvalue weighted by Gasteiger charge is 2.13. The minimum atomic E-state index is 0.587. The van der Waals surface area contributed by atoms with Crippen LogP contribution in [0.15, 0.2) is 74.3 Å². The van der Waals surface area contributed by atoms with Crippen molar-refractivity contribution < 1.29 is 0 Å². The standard InChI is InChI=1S/C32H22N6/c1-5-21-9-7-11-26-30(19(3)15-34-26)24(21)13-23-17-36-32-28(37-38-29(32)18-33-23)14-25-22(6-2)10-8-12-27-31(25)20(4)16-35-27/h5-18H,1-4H2/b24-13+,25-14+. The summed E-state index contributed by atoms with van der Waals surface area (Å²) in [6.45, 7) is 16.3.